The van der Waals surface area contributed by atoms with Gasteiger partial charge in [-0.2, -0.15) is 0 Å². The minimum Gasteiger partial charge on any atom is -0.491 e. The maximum absolute atomic E-state index is 10.3. The lowest BCUT2D eigenvalue weighted by atomic mass is 10.2. The Morgan fingerprint density at radius 1 is 1.22 bits per heavy atom. The monoisotopic (exact) mass is 315 g/mol. The second-order valence-electron chi connectivity index (χ2n) is 6.43. The van der Waals surface area contributed by atoms with E-state index in [1.807, 2.05) is 49.4 Å². The van der Waals surface area contributed by atoms with Gasteiger partial charge in [-0.25, -0.2) is 0 Å². The first kappa shape index (κ1) is 16.1. The molecule has 1 N–H and O–H groups in total. The van der Waals surface area contributed by atoms with Crippen LogP contribution in [0.25, 0.3) is 0 Å². The van der Waals surface area contributed by atoms with Crippen LogP contribution >= 0.6 is 0 Å². The molecule has 1 heterocycles. The van der Waals surface area contributed by atoms with Gasteiger partial charge in [-0.1, -0.05) is 18.2 Å². The highest BCUT2D eigenvalue weighted by Gasteiger charge is 2.26. The molecule has 1 aliphatic carbocycles. The molecule has 0 saturated heterocycles. The van der Waals surface area contributed by atoms with Crippen molar-refractivity contribution in [3.8, 4) is 5.75 Å². The summed E-state index contributed by atoms with van der Waals surface area (Å²) in [5.74, 6) is 3.45. The van der Waals surface area contributed by atoms with E-state index >= 15 is 0 Å². The van der Waals surface area contributed by atoms with Gasteiger partial charge in [-0.05, 0) is 49.9 Å². The van der Waals surface area contributed by atoms with Crippen LogP contribution in [0.2, 0.25) is 0 Å². The molecule has 0 spiro atoms. The molecule has 1 fully saturated rings. The molecule has 1 aromatic carbocycles. The second kappa shape index (κ2) is 7.66. The largest absolute Gasteiger partial charge is 0.491 e. The third kappa shape index (κ3) is 5.41. The van der Waals surface area contributed by atoms with E-state index in [0.717, 1.165) is 36.3 Å². The molecule has 4 nitrogen and oxygen atoms in total. The Balaban J connectivity index is 1.50. The number of furan rings is 1. The second-order valence-corrected chi connectivity index (χ2v) is 6.43. The molecule has 0 bridgehead atoms. The molecule has 1 aliphatic rings. The Labute approximate surface area is 137 Å². The van der Waals surface area contributed by atoms with Gasteiger partial charge in [0.2, 0.25) is 0 Å². The van der Waals surface area contributed by atoms with Gasteiger partial charge in [0, 0.05) is 13.1 Å². The smallest absolute Gasteiger partial charge is 0.119 e. The van der Waals surface area contributed by atoms with Crippen molar-refractivity contribution in [3.63, 3.8) is 0 Å². The van der Waals surface area contributed by atoms with Crippen LogP contribution in [-0.2, 0) is 6.54 Å². The summed E-state index contributed by atoms with van der Waals surface area (Å²) in [7, 11) is 0. The van der Waals surface area contributed by atoms with Gasteiger partial charge in [-0.3, -0.25) is 4.90 Å². The normalized spacial score (nSPS) is 15.8. The topological polar surface area (TPSA) is 45.8 Å². The first-order chi connectivity index (χ1) is 11.2. The molecule has 0 aliphatic heterocycles. The van der Waals surface area contributed by atoms with Gasteiger partial charge in [0.05, 0.1) is 6.54 Å². The van der Waals surface area contributed by atoms with Gasteiger partial charge in [0.15, 0.2) is 0 Å². The van der Waals surface area contributed by atoms with Crippen LogP contribution in [0.3, 0.4) is 0 Å². The predicted octanol–water partition coefficient (Wildman–Crippen LogP) is 3.24. The summed E-state index contributed by atoms with van der Waals surface area (Å²) < 4.78 is 11.3. The molecule has 4 heteroatoms. The van der Waals surface area contributed by atoms with Gasteiger partial charge in [0.25, 0.3) is 0 Å². The number of para-hydroxylation sites is 1. The molecule has 1 aromatic heterocycles. The lowest BCUT2D eigenvalue weighted by molar-refractivity contribution is 0.0615. The molecule has 0 radical (unpaired) electrons. The zero-order valence-corrected chi connectivity index (χ0v) is 13.6. The minimum atomic E-state index is -0.509. The zero-order valence-electron chi connectivity index (χ0n) is 13.6. The maximum atomic E-state index is 10.3. The number of ether oxygens (including phenoxy) is 1. The van der Waals surface area contributed by atoms with E-state index in [1.54, 1.807) is 0 Å². The van der Waals surface area contributed by atoms with E-state index in [9.17, 15) is 5.11 Å². The van der Waals surface area contributed by atoms with E-state index in [2.05, 4.69) is 4.90 Å². The number of nitrogens with zero attached hydrogens (tertiary/aromatic N) is 1. The number of aliphatic hydroxyl groups excluding tert-OH is 1. The highest BCUT2D eigenvalue weighted by Crippen LogP contribution is 2.30. The average molecular weight is 315 g/mol. The summed E-state index contributed by atoms with van der Waals surface area (Å²) >= 11 is 0. The highest BCUT2D eigenvalue weighted by molar-refractivity contribution is 5.20. The summed E-state index contributed by atoms with van der Waals surface area (Å²) in [4.78, 5) is 2.27. The third-order valence-corrected chi connectivity index (χ3v) is 4.04. The summed E-state index contributed by atoms with van der Waals surface area (Å²) in [6.07, 6.45) is 2.08. The van der Waals surface area contributed by atoms with Crippen LogP contribution in [0.4, 0.5) is 0 Å². The molecule has 3 rings (SSSR count). The predicted molar refractivity (Wildman–Crippen MR) is 89.4 cm³/mol. The van der Waals surface area contributed by atoms with Crippen molar-refractivity contribution < 1.29 is 14.3 Å². The van der Waals surface area contributed by atoms with Crippen LogP contribution in [0, 0.1) is 12.8 Å². The number of hydrogen-bond acceptors (Lipinski definition) is 4. The van der Waals surface area contributed by atoms with Crippen LogP contribution in [0.15, 0.2) is 46.9 Å². The Morgan fingerprint density at radius 2 is 2.00 bits per heavy atom. The van der Waals surface area contributed by atoms with Crippen molar-refractivity contribution in [2.45, 2.75) is 32.4 Å². The van der Waals surface area contributed by atoms with Gasteiger partial charge in [0.1, 0.15) is 30.0 Å². The van der Waals surface area contributed by atoms with E-state index < -0.39 is 6.10 Å². The highest BCUT2D eigenvalue weighted by atomic mass is 16.5. The average Bonchev–Trinajstić information content (AvgIpc) is 3.27. The number of aliphatic hydroxyl groups is 1. The van der Waals surface area contributed by atoms with Crippen LogP contribution in [0.5, 0.6) is 5.75 Å². The van der Waals surface area contributed by atoms with Crippen LogP contribution < -0.4 is 4.74 Å². The summed E-state index contributed by atoms with van der Waals surface area (Å²) in [6, 6.07) is 13.6. The van der Waals surface area contributed by atoms with E-state index in [-0.39, 0.29) is 0 Å². The summed E-state index contributed by atoms with van der Waals surface area (Å²) in [6.45, 7) is 4.62. The quantitative estimate of drug-likeness (QED) is 0.771. The van der Waals surface area contributed by atoms with Gasteiger partial charge >= 0.3 is 0 Å². The van der Waals surface area contributed by atoms with E-state index in [0.29, 0.717) is 13.2 Å². The van der Waals surface area contributed by atoms with E-state index in [1.165, 1.54) is 12.8 Å². The molecule has 0 amide bonds. The molecule has 1 atom stereocenters. The maximum Gasteiger partial charge on any atom is 0.119 e. The fourth-order valence-electron chi connectivity index (χ4n) is 2.72. The first-order valence-corrected chi connectivity index (χ1v) is 8.32. The number of rotatable bonds is 9. The molecule has 2 aromatic rings. The van der Waals surface area contributed by atoms with Gasteiger partial charge in [-0.15, -0.1) is 0 Å². The van der Waals surface area contributed by atoms with Crippen LogP contribution in [-0.4, -0.2) is 35.8 Å². The van der Waals surface area contributed by atoms with Gasteiger partial charge < -0.3 is 14.3 Å². The molecule has 1 unspecified atom stereocenters. The number of hydrogen-bond donors (Lipinski definition) is 1. The third-order valence-electron chi connectivity index (χ3n) is 4.04. The standard InChI is InChI=1S/C19H25NO3/c1-15-7-10-19(23-15)13-20(11-16-8-9-16)12-17(21)14-22-18-5-3-2-4-6-18/h2-7,10,16-17,21H,8-9,11-14H2,1H3. The fraction of sp³-hybridized carbons (Fsp3) is 0.474. The van der Waals surface area contributed by atoms with Crippen molar-refractivity contribution in [1.82, 2.24) is 4.90 Å². The molecular weight excluding hydrogens is 290 g/mol. The van der Waals surface area contributed by atoms with Crippen molar-refractivity contribution in [3.05, 3.63) is 54.0 Å². The van der Waals surface area contributed by atoms with Crippen molar-refractivity contribution in [2.75, 3.05) is 19.7 Å². The lowest BCUT2D eigenvalue weighted by Gasteiger charge is -2.24. The minimum absolute atomic E-state index is 0.308. The molecule has 23 heavy (non-hydrogen) atoms. The van der Waals surface area contributed by atoms with E-state index in [4.69, 9.17) is 9.15 Å². The fourth-order valence-corrected chi connectivity index (χ4v) is 2.72. The van der Waals surface area contributed by atoms with Crippen molar-refractivity contribution in [2.24, 2.45) is 5.92 Å². The molecule has 1 saturated carbocycles. The summed E-state index contributed by atoms with van der Waals surface area (Å²) in [5.41, 5.74) is 0. The number of benzene rings is 1. The van der Waals surface area contributed by atoms with Crippen LogP contribution in [0.1, 0.15) is 24.4 Å². The summed E-state index contributed by atoms with van der Waals surface area (Å²) in [5, 5.41) is 10.3. The van der Waals surface area contributed by atoms with Crippen molar-refractivity contribution >= 4 is 0 Å². The number of aryl methyl sites for hydroxylation is 1. The molecule has 124 valence electrons. The van der Waals surface area contributed by atoms with Crippen molar-refractivity contribution in [1.29, 1.82) is 0 Å². The SMILES string of the molecule is Cc1ccc(CN(CC(O)COc2ccccc2)CC2CC2)o1. The molecular formula is C19H25NO3. The Kier molecular flexibility index (Phi) is 5.36. The Bertz CT molecular complexity index is 592. The zero-order chi connectivity index (χ0) is 16.1. The Hall–Kier alpha value is -1.78. The Morgan fingerprint density at radius 3 is 2.65 bits per heavy atom. The first-order valence-electron chi connectivity index (χ1n) is 8.32. The lowest BCUT2D eigenvalue weighted by Crippen LogP contribution is -2.36.